The highest BCUT2D eigenvalue weighted by atomic mass is 16.5. The average molecular weight is 194 g/mol. The van der Waals surface area contributed by atoms with Gasteiger partial charge in [0.15, 0.2) is 0 Å². The Labute approximate surface area is 85.8 Å². The molecule has 0 amide bonds. The van der Waals surface area contributed by atoms with Crippen LogP contribution in [0.15, 0.2) is 24.3 Å². The molecule has 0 radical (unpaired) electrons. The minimum absolute atomic E-state index is 0.167. The van der Waals surface area contributed by atoms with Gasteiger partial charge in [0.1, 0.15) is 0 Å². The quantitative estimate of drug-likeness (QED) is 0.717. The van der Waals surface area contributed by atoms with Gasteiger partial charge in [-0.1, -0.05) is 29.8 Å². The number of hydrogen-bond acceptors (Lipinski definition) is 2. The topological polar surface area (TPSA) is 18.5 Å². The highest BCUT2D eigenvalue weighted by molar-refractivity contribution is 5.20. The van der Waals surface area contributed by atoms with Crippen LogP contribution < -0.4 is 0 Å². The van der Waals surface area contributed by atoms with E-state index >= 15 is 0 Å². The molecule has 0 aliphatic heterocycles. The zero-order chi connectivity index (χ0) is 10.4. The lowest BCUT2D eigenvalue weighted by molar-refractivity contribution is 0.0117. The summed E-state index contributed by atoms with van der Waals surface area (Å²) < 4.78 is 10.6. The molecule has 14 heavy (non-hydrogen) atoms. The van der Waals surface area contributed by atoms with Gasteiger partial charge in [-0.3, -0.25) is 0 Å². The third-order valence-corrected chi connectivity index (χ3v) is 2.14. The van der Waals surface area contributed by atoms with Gasteiger partial charge in [0, 0.05) is 7.11 Å². The molecule has 1 rings (SSSR count). The molecule has 78 valence electrons. The van der Waals surface area contributed by atoms with Crippen molar-refractivity contribution in [2.75, 3.05) is 13.7 Å². The molecule has 1 unspecified atom stereocenters. The monoisotopic (exact) mass is 194 g/mol. The normalized spacial score (nSPS) is 12.8. The summed E-state index contributed by atoms with van der Waals surface area (Å²) in [4.78, 5) is 0. The lowest BCUT2D eigenvalue weighted by atomic mass is 10.2. The second kappa shape index (κ2) is 5.78. The largest absolute Gasteiger partial charge is 0.379 e. The van der Waals surface area contributed by atoms with E-state index in [1.54, 1.807) is 7.11 Å². The van der Waals surface area contributed by atoms with Gasteiger partial charge >= 0.3 is 0 Å². The smallest absolute Gasteiger partial charge is 0.0776 e. The van der Waals surface area contributed by atoms with Crippen molar-refractivity contribution in [1.82, 2.24) is 0 Å². The summed E-state index contributed by atoms with van der Waals surface area (Å²) in [6, 6.07) is 8.37. The Morgan fingerprint density at radius 3 is 2.43 bits per heavy atom. The molecule has 0 saturated heterocycles. The molecule has 0 spiro atoms. The molecule has 0 saturated carbocycles. The van der Waals surface area contributed by atoms with Crippen LogP contribution in [0.1, 0.15) is 18.1 Å². The molecular weight excluding hydrogens is 176 g/mol. The van der Waals surface area contributed by atoms with E-state index in [0.717, 1.165) is 0 Å². The number of rotatable bonds is 5. The summed E-state index contributed by atoms with van der Waals surface area (Å²) in [6.07, 6.45) is 0.167. The fraction of sp³-hybridized carbons (Fsp3) is 0.500. The van der Waals surface area contributed by atoms with Crippen LogP contribution in [0.3, 0.4) is 0 Å². The standard InChI is InChI=1S/C12H18O2/c1-10-4-6-12(7-5-10)9-14-8-11(2)13-3/h4-7,11H,8-9H2,1-3H3. The lowest BCUT2D eigenvalue weighted by Gasteiger charge is -2.09. The van der Waals surface area contributed by atoms with Gasteiger partial charge in [0.2, 0.25) is 0 Å². The Balaban J connectivity index is 2.28. The van der Waals surface area contributed by atoms with Gasteiger partial charge in [-0.25, -0.2) is 0 Å². The van der Waals surface area contributed by atoms with Crippen LogP contribution in [0.4, 0.5) is 0 Å². The first-order chi connectivity index (χ1) is 6.72. The van der Waals surface area contributed by atoms with Gasteiger partial charge in [-0.05, 0) is 19.4 Å². The van der Waals surface area contributed by atoms with Crippen LogP contribution in [0.5, 0.6) is 0 Å². The fourth-order valence-corrected chi connectivity index (χ4v) is 1.10. The molecule has 2 heteroatoms. The highest BCUT2D eigenvalue weighted by Gasteiger charge is 1.99. The van der Waals surface area contributed by atoms with Crippen molar-refractivity contribution < 1.29 is 9.47 Å². The highest BCUT2D eigenvalue weighted by Crippen LogP contribution is 2.04. The fourth-order valence-electron chi connectivity index (χ4n) is 1.10. The van der Waals surface area contributed by atoms with Crippen molar-refractivity contribution >= 4 is 0 Å². The molecule has 1 aromatic rings. The molecule has 1 atom stereocenters. The molecule has 0 aromatic heterocycles. The van der Waals surface area contributed by atoms with Crippen LogP contribution in [0, 0.1) is 6.92 Å². The van der Waals surface area contributed by atoms with E-state index in [9.17, 15) is 0 Å². The van der Waals surface area contributed by atoms with Crippen molar-refractivity contribution in [3.05, 3.63) is 35.4 Å². The maximum absolute atomic E-state index is 5.49. The zero-order valence-electron chi connectivity index (χ0n) is 9.12. The van der Waals surface area contributed by atoms with E-state index in [-0.39, 0.29) is 6.10 Å². The molecule has 1 aromatic carbocycles. The summed E-state index contributed by atoms with van der Waals surface area (Å²) in [6.45, 7) is 5.38. The Morgan fingerprint density at radius 2 is 1.86 bits per heavy atom. The lowest BCUT2D eigenvalue weighted by Crippen LogP contribution is -2.13. The third-order valence-electron chi connectivity index (χ3n) is 2.14. The first-order valence-corrected chi connectivity index (χ1v) is 4.88. The van der Waals surface area contributed by atoms with Gasteiger partial charge in [-0.2, -0.15) is 0 Å². The van der Waals surface area contributed by atoms with Gasteiger partial charge < -0.3 is 9.47 Å². The molecule has 0 fully saturated rings. The van der Waals surface area contributed by atoms with E-state index in [1.807, 2.05) is 6.92 Å². The van der Waals surface area contributed by atoms with Crippen LogP contribution >= 0.6 is 0 Å². The number of hydrogen-bond donors (Lipinski definition) is 0. The molecule has 0 aliphatic rings. The molecular formula is C12H18O2. The summed E-state index contributed by atoms with van der Waals surface area (Å²) in [5.41, 5.74) is 2.48. The number of ether oxygens (including phenoxy) is 2. The van der Waals surface area contributed by atoms with E-state index < -0.39 is 0 Å². The van der Waals surface area contributed by atoms with E-state index in [2.05, 4.69) is 31.2 Å². The first-order valence-electron chi connectivity index (χ1n) is 4.88. The zero-order valence-corrected chi connectivity index (χ0v) is 9.12. The molecule has 2 nitrogen and oxygen atoms in total. The maximum Gasteiger partial charge on any atom is 0.0776 e. The summed E-state index contributed by atoms with van der Waals surface area (Å²) in [5.74, 6) is 0. The summed E-state index contributed by atoms with van der Waals surface area (Å²) >= 11 is 0. The van der Waals surface area contributed by atoms with Crippen LogP contribution in [-0.2, 0) is 16.1 Å². The summed E-state index contributed by atoms with van der Waals surface area (Å²) in [5, 5.41) is 0. The predicted octanol–water partition coefficient (Wildman–Crippen LogP) is 2.55. The molecule has 0 aliphatic carbocycles. The van der Waals surface area contributed by atoms with Crippen molar-refractivity contribution in [3.63, 3.8) is 0 Å². The second-order valence-electron chi connectivity index (χ2n) is 3.55. The molecule has 0 bridgehead atoms. The van der Waals surface area contributed by atoms with Crippen molar-refractivity contribution in [1.29, 1.82) is 0 Å². The second-order valence-corrected chi connectivity index (χ2v) is 3.55. The number of benzene rings is 1. The van der Waals surface area contributed by atoms with Gasteiger partial charge in [0.05, 0.1) is 19.3 Å². The maximum atomic E-state index is 5.49. The van der Waals surface area contributed by atoms with Crippen LogP contribution in [-0.4, -0.2) is 19.8 Å². The van der Waals surface area contributed by atoms with Crippen molar-refractivity contribution in [3.8, 4) is 0 Å². The summed E-state index contributed by atoms with van der Waals surface area (Å²) in [7, 11) is 1.69. The van der Waals surface area contributed by atoms with Gasteiger partial charge in [-0.15, -0.1) is 0 Å². The number of aryl methyl sites for hydroxylation is 1. The molecule has 0 heterocycles. The third kappa shape index (κ3) is 3.90. The van der Waals surface area contributed by atoms with Crippen molar-refractivity contribution in [2.45, 2.75) is 26.6 Å². The Kier molecular flexibility index (Phi) is 4.63. The van der Waals surface area contributed by atoms with Crippen LogP contribution in [0.2, 0.25) is 0 Å². The van der Waals surface area contributed by atoms with E-state index in [0.29, 0.717) is 13.2 Å². The Hall–Kier alpha value is -0.860. The number of methoxy groups -OCH3 is 1. The molecule has 0 N–H and O–H groups in total. The van der Waals surface area contributed by atoms with Crippen LogP contribution in [0.25, 0.3) is 0 Å². The van der Waals surface area contributed by atoms with E-state index in [1.165, 1.54) is 11.1 Å². The Bertz CT molecular complexity index is 254. The predicted molar refractivity (Wildman–Crippen MR) is 57.3 cm³/mol. The minimum atomic E-state index is 0.167. The average Bonchev–Trinajstić information content (AvgIpc) is 2.21. The van der Waals surface area contributed by atoms with E-state index in [4.69, 9.17) is 9.47 Å². The van der Waals surface area contributed by atoms with Gasteiger partial charge in [0.25, 0.3) is 0 Å². The Morgan fingerprint density at radius 1 is 1.21 bits per heavy atom. The first kappa shape index (κ1) is 11.2. The van der Waals surface area contributed by atoms with Crippen molar-refractivity contribution in [2.24, 2.45) is 0 Å². The minimum Gasteiger partial charge on any atom is -0.379 e. The SMILES string of the molecule is COC(C)COCc1ccc(C)cc1.